The second-order valence-corrected chi connectivity index (χ2v) is 15.7. The van der Waals surface area contributed by atoms with E-state index in [4.69, 9.17) is 11.5 Å². The van der Waals surface area contributed by atoms with E-state index < -0.39 is 57.8 Å². The minimum Gasteiger partial charge on any atom is -0.505 e. The first-order chi connectivity index (χ1) is 26.5. The molecule has 21 heteroatoms. The molecule has 6 aromatic carbocycles. The van der Waals surface area contributed by atoms with Crippen molar-refractivity contribution in [2.24, 2.45) is 30.7 Å². The lowest BCUT2D eigenvalue weighted by atomic mass is 10.1. The molecule has 0 atom stereocenters. The minimum atomic E-state index is -5.12. The topological polar surface area (TPSA) is 298 Å². The number of phenolic OH excluding ortho intramolecular Hbond substituents is 1. The molecule has 0 fully saturated rings. The van der Waals surface area contributed by atoms with E-state index in [-0.39, 0.29) is 27.8 Å². The van der Waals surface area contributed by atoms with Crippen LogP contribution in [0.15, 0.2) is 153 Å². The molecule has 56 heavy (non-hydrogen) atoms. The number of nitro benzene ring substituents is 1. The van der Waals surface area contributed by atoms with Crippen molar-refractivity contribution in [1.82, 2.24) is 0 Å². The molecular formula is C35H27N9O9S3. The highest BCUT2D eigenvalue weighted by molar-refractivity contribution is 7.99. The predicted octanol–water partition coefficient (Wildman–Crippen LogP) is 9.82. The normalized spacial score (nSPS) is 12.3. The van der Waals surface area contributed by atoms with Gasteiger partial charge in [-0.25, -0.2) is 0 Å². The summed E-state index contributed by atoms with van der Waals surface area (Å²) in [6, 6.07) is 25.5. The number of phenols is 1. The van der Waals surface area contributed by atoms with Gasteiger partial charge < -0.3 is 16.6 Å². The molecule has 0 aliphatic carbocycles. The lowest BCUT2D eigenvalue weighted by Gasteiger charge is -2.14. The first kappa shape index (κ1) is 39.1. The Balaban J connectivity index is 1.28. The van der Waals surface area contributed by atoms with Crippen LogP contribution in [0.2, 0.25) is 0 Å². The van der Waals surface area contributed by atoms with Crippen molar-refractivity contribution < 1.29 is 36.0 Å². The van der Waals surface area contributed by atoms with Gasteiger partial charge >= 0.3 is 0 Å². The number of benzene rings is 6. The van der Waals surface area contributed by atoms with Crippen LogP contribution in [-0.4, -0.2) is 36.0 Å². The van der Waals surface area contributed by atoms with E-state index >= 15 is 0 Å². The molecular weight excluding hydrogens is 787 g/mol. The summed E-state index contributed by atoms with van der Waals surface area (Å²) in [5.41, 5.74) is 12.9. The maximum Gasteiger partial charge on any atom is 0.296 e. The van der Waals surface area contributed by atoms with Gasteiger partial charge in [-0.15, -0.1) is 10.2 Å². The number of azo groups is 3. The molecule has 0 saturated heterocycles. The third-order valence-electron chi connectivity index (χ3n) is 7.86. The lowest BCUT2D eigenvalue weighted by Crippen LogP contribution is -2.03. The van der Waals surface area contributed by atoms with Crippen molar-refractivity contribution in [1.29, 1.82) is 0 Å². The van der Waals surface area contributed by atoms with Crippen LogP contribution in [0.4, 0.5) is 51.2 Å². The molecule has 0 aliphatic heterocycles. The number of nitrogen functional groups attached to an aromatic ring is 2. The molecule has 0 bridgehead atoms. The Morgan fingerprint density at radius 3 is 1.59 bits per heavy atom. The lowest BCUT2D eigenvalue weighted by molar-refractivity contribution is -0.384. The highest BCUT2D eigenvalue weighted by atomic mass is 32.2. The quantitative estimate of drug-likeness (QED) is 0.0268. The fourth-order valence-electron chi connectivity index (χ4n) is 5.16. The van der Waals surface area contributed by atoms with Crippen molar-refractivity contribution in [3.8, 4) is 5.75 Å². The van der Waals surface area contributed by atoms with Crippen LogP contribution in [0.1, 0.15) is 5.56 Å². The Hall–Kier alpha value is -6.65. The highest BCUT2D eigenvalue weighted by Gasteiger charge is 2.28. The second kappa shape index (κ2) is 15.6. The van der Waals surface area contributed by atoms with E-state index in [1.54, 1.807) is 36.4 Å². The van der Waals surface area contributed by atoms with Gasteiger partial charge in [0.2, 0.25) is 0 Å². The van der Waals surface area contributed by atoms with E-state index in [1.807, 2.05) is 37.3 Å². The third-order valence-corrected chi connectivity index (χ3v) is 10.6. The monoisotopic (exact) mass is 813 g/mol. The van der Waals surface area contributed by atoms with Crippen molar-refractivity contribution >= 4 is 94.0 Å². The molecule has 0 heterocycles. The number of aryl methyl sites for hydroxylation is 1. The van der Waals surface area contributed by atoms with Crippen LogP contribution in [0.25, 0.3) is 10.8 Å². The first-order valence-electron chi connectivity index (χ1n) is 15.8. The molecule has 0 unspecified atom stereocenters. The van der Waals surface area contributed by atoms with Crippen LogP contribution in [0.5, 0.6) is 5.75 Å². The number of nitrogens with two attached hydrogens (primary N) is 2. The highest BCUT2D eigenvalue weighted by Crippen LogP contribution is 2.48. The maximum atomic E-state index is 12.4. The van der Waals surface area contributed by atoms with Crippen molar-refractivity contribution in [3.05, 3.63) is 119 Å². The zero-order chi connectivity index (χ0) is 40.4. The van der Waals surface area contributed by atoms with Crippen LogP contribution in [0, 0.1) is 17.0 Å². The molecule has 18 nitrogen and oxygen atoms in total. The van der Waals surface area contributed by atoms with E-state index in [0.717, 1.165) is 39.6 Å². The standard InChI is InChI=1S/C35H27N9O9S3/c1-19-16-21(36)2-15-28(19)41-38-23-5-11-26(12-6-23)54-27-13-7-24(8-14-27)40-43-34-30(56(51,52)53)18-20-17-29(55(48,49)50)33(32(37)31(20)35(34)45)42-39-22-3-9-25(10-4-22)44(46)47/h2-18,45H,36-37H2,1H3,(H,48,49,50)(H,51,52,53). The Bertz CT molecular complexity index is 2830. The Kier molecular flexibility index (Phi) is 10.9. The van der Waals surface area contributed by atoms with E-state index in [0.29, 0.717) is 17.1 Å². The number of nitrogens with zero attached hydrogens (tertiary/aromatic N) is 7. The summed E-state index contributed by atoms with van der Waals surface area (Å²) in [7, 11) is -10.2. The number of non-ortho nitro benzene ring substituents is 1. The fraction of sp³-hybridized carbons (Fsp3) is 0.0286. The molecule has 284 valence electrons. The average Bonchev–Trinajstić information content (AvgIpc) is 3.14. The summed E-state index contributed by atoms with van der Waals surface area (Å²) in [6.07, 6.45) is 0. The van der Waals surface area contributed by atoms with Gasteiger partial charge in [-0.3, -0.25) is 19.2 Å². The minimum absolute atomic E-state index is 0.0304. The van der Waals surface area contributed by atoms with Gasteiger partial charge in [-0.05, 0) is 109 Å². The molecule has 7 N–H and O–H groups in total. The maximum absolute atomic E-state index is 12.4. The summed E-state index contributed by atoms with van der Waals surface area (Å²) in [5, 5.41) is 45.7. The number of aromatic hydroxyl groups is 1. The smallest absolute Gasteiger partial charge is 0.296 e. The van der Waals surface area contributed by atoms with Gasteiger partial charge in [-0.2, -0.15) is 37.3 Å². The number of fused-ring (bicyclic) bond motifs is 1. The van der Waals surface area contributed by atoms with Gasteiger partial charge in [-0.1, -0.05) is 11.8 Å². The van der Waals surface area contributed by atoms with Crippen molar-refractivity contribution in [3.63, 3.8) is 0 Å². The van der Waals surface area contributed by atoms with Crippen molar-refractivity contribution in [2.45, 2.75) is 26.5 Å². The van der Waals surface area contributed by atoms with Crippen LogP contribution < -0.4 is 11.5 Å². The van der Waals surface area contributed by atoms with E-state index in [9.17, 15) is 41.2 Å². The predicted molar refractivity (Wildman–Crippen MR) is 208 cm³/mol. The van der Waals surface area contributed by atoms with E-state index in [2.05, 4.69) is 30.7 Å². The number of hydrogen-bond donors (Lipinski definition) is 5. The fourth-order valence-corrected chi connectivity index (χ4v) is 7.31. The van der Waals surface area contributed by atoms with Crippen LogP contribution >= 0.6 is 11.8 Å². The summed E-state index contributed by atoms with van der Waals surface area (Å²) in [6.45, 7) is 1.89. The Morgan fingerprint density at radius 2 is 1.11 bits per heavy atom. The SMILES string of the molecule is Cc1cc(N)ccc1N=Nc1ccc(Sc2ccc(N=Nc3c(S(=O)(=O)O)cc4cc(S(=O)(=O)O)c(N=Nc5ccc([N+](=O)[O-])cc5)c(N)c4c3O)cc2)cc1. The molecule has 0 aliphatic rings. The molecule has 0 saturated carbocycles. The molecule has 6 rings (SSSR count). The largest absolute Gasteiger partial charge is 0.505 e. The first-order valence-corrected chi connectivity index (χ1v) is 19.5. The number of rotatable bonds is 11. The number of hydrogen-bond acceptors (Lipinski definition) is 16. The molecule has 0 spiro atoms. The van der Waals surface area contributed by atoms with Crippen LogP contribution in [0.3, 0.4) is 0 Å². The van der Waals surface area contributed by atoms with E-state index in [1.165, 1.54) is 23.9 Å². The number of anilines is 2. The molecule has 0 radical (unpaired) electrons. The van der Waals surface area contributed by atoms with Crippen molar-refractivity contribution in [2.75, 3.05) is 11.5 Å². The zero-order valence-corrected chi connectivity index (χ0v) is 31.1. The Labute approximate surface area is 322 Å². The van der Waals surface area contributed by atoms with Gasteiger partial charge in [0.15, 0.2) is 5.75 Å². The second-order valence-electron chi connectivity index (χ2n) is 11.8. The third kappa shape index (κ3) is 8.83. The van der Waals surface area contributed by atoms with Gasteiger partial charge in [0, 0.05) is 27.6 Å². The Morgan fingerprint density at radius 1 is 0.643 bits per heavy atom. The molecule has 0 aromatic heterocycles. The molecule has 0 amide bonds. The molecule has 6 aromatic rings. The summed E-state index contributed by atoms with van der Waals surface area (Å²) < 4.78 is 69.6. The summed E-state index contributed by atoms with van der Waals surface area (Å²) >= 11 is 1.43. The van der Waals surface area contributed by atoms with Gasteiger partial charge in [0.25, 0.3) is 25.9 Å². The van der Waals surface area contributed by atoms with Crippen LogP contribution in [-0.2, 0) is 20.2 Å². The van der Waals surface area contributed by atoms with Gasteiger partial charge in [0.1, 0.15) is 21.2 Å². The zero-order valence-electron chi connectivity index (χ0n) is 28.6. The summed E-state index contributed by atoms with van der Waals surface area (Å²) in [4.78, 5) is 10.1. The van der Waals surface area contributed by atoms with Gasteiger partial charge in [0.05, 0.1) is 38.7 Å². The number of nitro groups is 1. The summed E-state index contributed by atoms with van der Waals surface area (Å²) in [5.74, 6) is -0.927. The average molecular weight is 814 g/mol.